The molecule has 3 aliphatic heterocycles. The maximum absolute atomic E-state index is 12.4. The van der Waals surface area contributed by atoms with E-state index in [0.717, 1.165) is 61.0 Å². The number of hydrogen-bond donors (Lipinski definition) is 2. The summed E-state index contributed by atoms with van der Waals surface area (Å²) in [4.78, 5) is 40.3. The molecule has 3 aliphatic rings. The number of hydrogen-bond acceptors (Lipinski definition) is 7. The van der Waals surface area contributed by atoms with Gasteiger partial charge in [0.05, 0.1) is 12.1 Å². The lowest BCUT2D eigenvalue weighted by molar-refractivity contribution is -0.134. The van der Waals surface area contributed by atoms with Crippen molar-refractivity contribution in [3.63, 3.8) is 0 Å². The monoisotopic (exact) mass is 626 g/mol. The van der Waals surface area contributed by atoms with Gasteiger partial charge in [0.25, 0.3) is 0 Å². The van der Waals surface area contributed by atoms with Crippen LogP contribution in [-0.2, 0) is 32.2 Å². The Balaban J connectivity index is 1.03. The van der Waals surface area contributed by atoms with Crippen LogP contribution in [-0.4, -0.2) is 67.7 Å². The van der Waals surface area contributed by atoms with E-state index in [-0.39, 0.29) is 30.1 Å². The number of imide groups is 1. The molecule has 2 aromatic rings. The summed E-state index contributed by atoms with van der Waals surface area (Å²) in [7, 11) is 0. The number of likely N-dealkylation sites (tertiary alicyclic amines) is 1. The van der Waals surface area contributed by atoms with Crippen molar-refractivity contribution in [1.82, 2.24) is 15.5 Å². The highest BCUT2D eigenvalue weighted by molar-refractivity contribution is 9.10. The van der Waals surface area contributed by atoms with Gasteiger partial charge < -0.3 is 24.6 Å². The minimum absolute atomic E-state index is 0.182. The minimum atomic E-state index is -0.359. The maximum atomic E-state index is 12.4. The van der Waals surface area contributed by atoms with Crippen molar-refractivity contribution in [1.29, 1.82) is 0 Å². The van der Waals surface area contributed by atoms with Crippen molar-refractivity contribution < 1.29 is 23.9 Å². The van der Waals surface area contributed by atoms with Crippen molar-refractivity contribution in [3.8, 4) is 0 Å². The molecule has 0 aliphatic carbocycles. The Morgan fingerprint density at radius 1 is 0.951 bits per heavy atom. The van der Waals surface area contributed by atoms with E-state index in [0.29, 0.717) is 45.0 Å². The molecule has 220 valence electrons. The number of piperidine rings is 3. The second-order valence-electron chi connectivity index (χ2n) is 11.1. The van der Waals surface area contributed by atoms with Crippen LogP contribution >= 0.6 is 15.9 Å². The molecule has 3 fully saturated rings. The van der Waals surface area contributed by atoms with Gasteiger partial charge in [0.15, 0.2) is 0 Å². The lowest BCUT2D eigenvalue weighted by atomic mass is 9.96. The van der Waals surface area contributed by atoms with Crippen LogP contribution in [0.25, 0.3) is 0 Å². The number of anilines is 1. The number of amides is 3. The third-order valence-corrected chi connectivity index (χ3v) is 9.03. The van der Waals surface area contributed by atoms with Gasteiger partial charge in [0.1, 0.15) is 6.61 Å². The molecule has 3 heterocycles. The zero-order valence-corrected chi connectivity index (χ0v) is 24.9. The zero-order valence-electron chi connectivity index (χ0n) is 23.4. The first-order valence-corrected chi connectivity index (χ1v) is 15.4. The number of carbonyl (C=O) groups excluding carboxylic acids is 3. The molecule has 0 bridgehead atoms. The zero-order chi connectivity index (χ0) is 28.6. The molecule has 0 aromatic heterocycles. The molecule has 2 N–H and O–H groups in total. The molecular formula is C31H39BrN4O5. The summed E-state index contributed by atoms with van der Waals surface area (Å²) in [5.41, 5.74) is 3.29. The van der Waals surface area contributed by atoms with Crippen molar-refractivity contribution in [2.45, 2.75) is 63.8 Å². The van der Waals surface area contributed by atoms with E-state index >= 15 is 0 Å². The van der Waals surface area contributed by atoms with E-state index in [4.69, 9.17) is 9.47 Å². The molecule has 1 atom stereocenters. The highest BCUT2D eigenvalue weighted by Gasteiger charge is 2.29. The first kappa shape index (κ1) is 29.5. The molecule has 3 saturated heterocycles. The van der Waals surface area contributed by atoms with Crippen LogP contribution < -0.4 is 15.5 Å². The van der Waals surface area contributed by atoms with Gasteiger partial charge in [-0.15, -0.1) is 0 Å². The summed E-state index contributed by atoms with van der Waals surface area (Å²) in [5.74, 6) is 0.0628. The van der Waals surface area contributed by atoms with Crippen molar-refractivity contribution in [2.24, 2.45) is 5.92 Å². The molecule has 0 spiro atoms. The fourth-order valence-corrected chi connectivity index (χ4v) is 6.26. The SMILES string of the molecule is O=C1CCC(NCc2c(Br)cccc2N2CCC(COC3CCN(C(=O)OCc4ccccc4)CC3)CC2)C(=O)N1. The Hall–Kier alpha value is -2.95. The molecular weight excluding hydrogens is 588 g/mol. The lowest BCUT2D eigenvalue weighted by Gasteiger charge is -2.36. The topological polar surface area (TPSA) is 100 Å². The van der Waals surface area contributed by atoms with Crippen LogP contribution in [0.2, 0.25) is 0 Å². The van der Waals surface area contributed by atoms with Gasteiger partial charge in [0.2, 0.25) is 11.8 Å². The molecule has 0 radical (unpaired) electrons. The number of carbonyl (C=O) groups is 3. The molecule has 9 nitrogen and oxygen atoms in total. The van der Waals surface area contributed by atoms with Crippen LogP contribution in [0.1, 0.15) is 49.7 Å². The maximum Gasteiger partial charge on any atom is 0.410 e. The second kappa shape index (κ2) is 14.3. The van der Waals surface area contributed by atoms with E-state index in [1.165, 1.54) is 5.69 Å². The summed E-state index contributed by atoms with van der Waals surface area (Å²) < 4.78 is 12.8. The fourth-order valence-electron chi connectivity index (χ4n) is 5.76. The molecule has 10 heteroatoms. The van der Waals surface area contributed by atoms with E-state index in [2.05, 4.69) is 37.5 Å². The van der Waals surface area contributed by atoms with Crippen LogP contribution in [0.15, 0.2) is 53.0 Å². The Kier molecular flexibility index (Phi) is 10.3. The lowest BCUT2D eigenvalue weighted by Crippen LogP contribution is -2.50. The molecule has 5 rings (SSSR count). The van der Waals surface area contributed by atoms with Crippen molar-refractivity contribution in [2.75, 3.05) is 37.7 Å². The summed E-state index contributed by atoms with van der Waals surface area (Å²) in [5, 5.41) is 5.76. The van der Waals surface area contributed by atoms with Crippen molar-refractivity contribution in [3.05, 3.63) is 64.1 Å². The van der Waals surface area contributed by atoms with E-state index < -0.39 is 0 Å². The number of ether oxygens (including phenoxy) is 2. The summed E-state index contributed by atoms with van der Waals surface area (Å²) in [6.07, 6.45) is 4.59. The van der Waals surface area contributed by atoms with Crippen LogP contribution in [0, 0.1) is 5.92 Å². The second-order valence-corrected chi connectivity index (χ2v) is 12.0. The van der Waals surface area contributed by atoms with Crippen LogP contribution in [0.3, 0.4) is 0 Å². The Morgan fingerprint density at radius 3 is 2.44 bits per heavy atom. The summed E-state index contributed by atoms with van der Waals surface area (Å²) in [6.45, 7) is 4.81. The fraction of sp³-hybridized carbons (Fsp3) is 0.516. The van der Waals surface area contributed by atoms with Gasteiger partial charge in [-0.2, -0.15) is 0 Å². The van der Waals surface area contributed by atoms with Gasteiger partial charge in [-0.1, -0.05) is 52.3 Å². The van der Waals surface area contributed by atoms with Gasteiger partial charge in [-0.05, 0) is 55.7 Å². The minimum Gasteiger partial charge on any atom is -0.445 e. The van der Waals surface area contributed by atoms with Gasteiger partial charge >= 0.3 is 6.09 Å². The number of nitrogens with one attached hydrogen (secondary N) is 2. The first-order valence-electron chi connectivity index (χ1n) is 14.6. The predicted molar refractivity (Wildman–Crippen MR) is 159 cm³/mol. The average Bonchev–Trinajstić information content (AvgIpc) is 3.00. The van der Waals surface area contributed by atoms with Crippen molar-refractivity contribution >= 4 is 39.5 Å². The third kappa shape index (κ3) is 8.08. The predicted octanol–water partition coefficient (Wildman–Crippen LogP) is 4.38. The molecule has 1 unspecified atom stereocenters. The van der Waals surface area contributed by atoms with E-state index in [1.807, 2.05) is 42.5 Å². The summed E-state index contributed by atoms with van der Waals surface area (Å²) >= 11 is 3.70. The van der Waals surface area contributed by atoms with Gasteiger partial charge in [0, 0.05) is 61.5 Å². The number of halogens is 1. The smallest absolute Gasteiger partial charge is 0.410 e. The normalized spacial score (nSPS) is 20.7. The van der Waals surface area contributed by atoms with Gasteiger partial charge in [-0.3, -0.25) is 14.9 Å². The Labute approximate surface area is 250 Å². The first-order chi connectivity index (χ1) is 20.0. The average molecular weight is 628 g/mol. The third-order valence-electron chi connectivity index (χ3n) is 8.29. The van der Waals surface area contributed by atoms with E-state index in [1.54, 1.807) is 4.90 Å². The van der Waals surface area contributed by atoms with Crippen LogP contribution in [0.5, 0.6) is 0 Å². The molecule has 41 heavy (non-hydrogen) atoms. The quantitative estimate of drug-likeness (QED) is 0.399. The van der Waals surface area contributed by atoms with E-state index in [9.17, 15) is 14.4 Å². The highest BCUT2D eigenvalue weighted by atomic mass is 79.9. The highest BCUT2D eigenvalue weighted by Crippen LogP contribution is 2.32. The van der Waals surface area contributed by atoms with Crippen LogP contribution in [0.4, 0.5) is 10.5 Å². The Bertz CT molecular complexity index is 1200. The molecule has 3 amide bonds. The standard InChI is InChI=1S/C31H39BrN4O5/c32-26-7-4-8-28(25(26)19-33-27-9-10-29(37)34-30(27)38)35-15-11-23(12-16-35)20-40-24-13-17-36(18-14-24)31(39)41-21-22-5-2-1-3-6-22/h1-8,23-24,27,33H,9-21H2,(H,34,37,38). The summed E-state index contributed by atoms with van der Waals surface area (Å²) in [6, 6.07) is 15.6. The van der Waals surface area contributed by atoms with Gasteiger partial charge in [-0.25, -0.2) is 4.79 Å². The molecule has 0 saturated carbocycles. The largest absolute Gasteiger partial charge is 0.445 e. The number of rotatable bonds is 9. The molecule has 2 aromatic carbocycles. The number of nitrogens with zero attached hydrogens (tertiary/aromatic N) is 2. The Morgan fingerprint density at radius 2 is 1.71 bits per heavy atom. The number of benzene rings is 2.